The number of carbonyl (C=O) groups is 2. The molecule has 10 heteroatoms. The Morgan fingerprint density at radius 1 is 1.28 bits per heavy atom. The smallest absolute Gasteiger partial charge is 0.308 e. The molecule has 0 aliphatic rings. The van der Waals surface area contributed by atoms with Crippen LogP contribution in [0.5, 0.6) is 0 Å². The highest BCUT2D eigenvalue weighted by molar-refractivity contribution is 7.90. The fourth-order valence-corrected chi connectivity index (χ4v) is 2.87. The maximum Gasteiger partial charge on any atom is 0.308 e. The van der Waals surface area contributed by atoms with Crippen LogP contribution in [-0.2, 0) is 14.6 Å². The monoisotopic (exact) mass is 372 g/mol. The molecule has 0 aliphatic heterocycles. The Labute approximate surface area is 145 Å². The van der Waals surface area contributed by atoms with E-state index in [4.69, 9.17) is 5.11 Å². The highest BCUT2D eigenvalue weighted by Crippen LogP contribution is 2.21. The number of benzene rings is 1. The maximum absolute atomic E-state index is 12.2. The summed E-state index contributed by atoms with van der Waals surface area (Å²) < 4.78 is 23.3. The summed E-state index contributed by atoms with van der Waals surface area (Å²) in [6.07, 6.45) is 1.22. The number of hydrogen-bond donors (Lipinski definition) is 2. The van der Waals surface area contributed by atoms with E-state index in [9.17, 15) is 28.1 Å². The summed E-state index contributed by atoms with van der Waals surface area (Å²) in [7, 11) is -3.75. The molecule has 1 unspecified atom stereocenters. The summed E-state index contributed by atoms with van der Waals surface area (Å²) in [4.78, 5) is 33.2. The third kappa shape index (κ3) is 6.14. The molecule has 0 aliphatic carbocycles. The van der Waals surface area contributed by atoms with E-state index in [1.807, 2.05) is 13.8 Å². The molecule has 25 heavy (non-hydrogen) atoms. The minimum atomic E-state index is -3.75. The van der Waals surface area contributed by atoms with Gasteiger partial charge < -0.3 is 10.4 Å². The van der Waals surface area contributed by atoms with Crippen LogP contribution in [0.2, 0.25) is 0 Å². The summed E-state index contributed by atoms with van der Waals surface area (Å²) >= 11 is 0. The lowest BCUT2D eigenvalue weighted by atomic mass is 9.97. The molecular formula is C15H20N2O7S. The minimum Gasteiger partial charge on any atom is -0.481 e. The van der Waals surface area contributed by atoms with E-state index in [0.717, 1.165) is 24.5 Å². The van der Waals surface area contributed by atoms with Crippen LogP contribution < -0.4 is 5.32 Å². The molecule has 9 nitrogen and oxygen atoms in total. The van der Waals surface area contributed by atoms with Gasteiger partial charge in [0.05, 0.1) is 15.7 Å². The first-order valence-corrected chi connectivity index (χ1v) is 9.31. The van der Waals surface area contributed by atoms with Gasteiger partial charge >= 0.3 is 5.97 Å². The molecule has 0 bridgehead atoms. The van der Waals surface area contributed by atoms with Crippen LogP contribution in [0, 0.1) is 22.0 Å². The number of non-ortho nitro benzene ring substituents is 1. The Bertz CT molecular complexity index is 787. The first kappa shape index (κ1) is 20.6. The van der Waals surface area contributed by atoms with Crippen molar-refractivity contribution < 1.29 is 28.0 Å². The molecule has 138 valence electrons. The molecule has 0 saturated heterocycles. The summed E-state index contributed by atoms with van der Waals surface area (Å²) in [6, 6.07) is 2.84. The van der Waals surface area contributed by atoms with Crippen molar-refractivity contribution in [1.82, 2.24) is 5.32 Å². The zero-order valence-corrected chi connectivity index (χ0v) is 14.9. The Kier molecular flexibility index (Phi) is 6.63. The van der Waals surface area contributed by atoms with Crippen LogP contribution in [0.3, 0.4) is 0 Å². The molecule has 1 atom stereocenters. The number of hydrogen-bond acceptors (Lipinski definition) is 6. The highest BCUT2D eigenvalue weighted by Gasteiger charge is 2.22. The lowest BCUT2D eigenvalue weighted by Gasteiger charge is -2.15. The predicted molar refractivity (Wildman–Crippen MR) is 89.1 cm³/mol. The maximum atomic E-state index is 12.2. The molecule has 2 N–H and O–H groups in total. The van der Waals surface area contributed by atoms with Gasteiger partial charge in [0, 0.05) is 30.5 Å². The Hall–Kier alpha value is -2.49. The second-order valence-electron chi connectivity index (χ2n) is 6.12. The van der Waals surface area contributed by atoms with Crippen molar-refractivity contribution in [3.8, 4) is 0 Å². The fourth-order valence-electron chi connectivity index (χ4n) is 2.19. The van der Waals surface area contributed by atoms with E-state index >= 15 is 0 Å². The van der Waals surface area contributed by atoms with Crippen molar-refractivity contribution in [2.24, 2.45) is 11.8 Å². The number of nitro benzene ring substituents is 1. The van der Waals surface area contributed by atoms with E-state index < -0.39 is 38.2 Å². The van der Waals surface area contributed by atoms with E-state index in [0.29, 0.717) is 6.42 Å². The predicted octanol–water partition coefficient (Wildman–Crippen LogP) is 1.48. The SMILES string of the molecule is CC(C)CC(CNC(=O)c1cc([N+](=O)[O-])cc(S(C)(=O)=O)c1)C(=O)O. The Balaban J connectivity index is 3.06. The van der Waals surface area contributed by atoms with Crippen LogP contribution in [0.25, 0.3) is 0 Å². The van der Waals surface area contributed by atoms with Crippen LogP contribution in [0.1, 0.15) is 30.6 Å². The molecule has 0 fully saturated rings. The lowest BCUT2D eigenvalue weighted by Crippen LogP contribution is -2.33. The average Bonchev–Trinajstić information content (AvgIpc) is 2.49. The highest BCUT2D eigenvalue weighted by atomic mass is 32.2. The van der Waals surface area contributed by atoms with Crippen LogP contribution >= 0.6 is 0 Å². The second kappa shape index (κ2) is 8.06. The van der Waals surface area contributed by atoms with Gasteiger partial charge in [0.15, 0.2) is 9.84 Å². The van der Waals surface area contributed by atoms with Gasteiger partial charge in [-0.15, -0.1) is 0 Å². The van der Waals surface area contributed by atoms with E-state index in [2.05, 4.69) is 5.32 Å². The van der Waals surface area contributed by atoms with Gasteiger partial charge in [0.1, 0.15) is 0 Å². The van der Waals surface area contributed by atoms with E-state index in [-0.39, 0.29) is 22.9 Å². The number of nitrogens with one attached hydrogen (secondary N) is 1. The van der Waals surface area contributed by atoms with Gasteiger partial charge in [-0.2, -0.15) is 0 Å². The molecule has 1 amide bonds. The number of rotatable bonds is 8. The number of carboxylic acids is 1. The molecule has 1 aromatic carbocycles. The van der Waals surface area contributed by atoms with Crippen LogP contribution in [0.4, 0.5) is 5.69 Å². The molecule has 1 rings (SSSR count). The average molecular weight is 372 g/mol. The zero-order valence-electron chi connectivity index (χ0n) is 14.1. The topological polar surface area (TPSA) is 144 Å². The normalized spacial score (nSPS) is 12.6. The number of amides is 1. The zero-order chi connectivity index (χ0) is 19.4. The summed E-state index contributed by atoms with van der Waals surface area (Å²) in [5.74, 6) is -2.54. The lowest BCUT2D eigenvalue weighted by molar-refractivity contribution is -0.385. The van der Waals surface area contributed by atoms with Crippen molar-refractivity contribution in [2.45, 2.75) is 25.2 Å². The number of nitro groups is 1. The third-order valence-electron chi connectivity index (χ3n) is 3.41. The molecule has 0 radical (unpaired) electrons. The third-order valence-corrected chi connectivity index (χ3v) is 4.50. The van der Waals surface area contributed by atoms with Gasteiger partial charge in [0.25, 0.3) is 11.6 Å². The minimum absolute atomic E-state index is 0.104. The summed E-state index contributed by atoms with van der Waals surface area (Å²) in [5.41, 5.74) is -0.756. The molecular weight excluding hydrogens is 352 g/mol. The van der Waals surface area contributed by atoms with Gasteiger partial charge in [-0.05, 0) is 18.4 Å². The van der Waals surface area contributed by atoms with Gasteiger partial charge in [0.2, 0.25) is 0 Å². The Morgan fingerprint density at radius 3 is 2.32 bits per heavy atom. The molecule has 1 aromatic rings. The van der Waals surface area contributed by atoms with E-state index in [1.54, 1.807) is 0 Å². The largest absolute Gasteiger partial charge is 0.481 e. The molecule has 0 aromatic heterocycles. The number of aliphatic carboxylic acids is 1. The summed E-state index contributed by atoms with van der Waals surface area (Å²) in [6.45, 7) is 3.52. The van der Waals surface area contributed by atoms with Gasteiger partial charge in [-0.25, -0.2) is 8.42 Å². The van der Waals surface area contributed by atoms with Gasteiger partial charge in [-0.1, -0.05) is 13.8 Å². The molecule has 0 spiro atoms. The number of carbonyl (C=O) groups excluding carboxylic acids is 1. The van der Waals surface area contributed by atoms with Crippen molar-refractivity contribution in [1.29, 1.82) is 0 Å². The first-order valence-electron chi connectivity index (χ1n) is 7.42. The van der Waals surface area contributed by atoms with Crippen molar-refractivity contribution in [2.75, 3.05) is 12.8 Å². The number of nitrogens with zero attached hydrogens (tertiary/aromatic N) is 1. The molecule has 0 saturated carbocycles. The van der Waals surface area contributed by atoms with Crippen LogP contribution in [-0.4, -0.2) is 43.1 Å². The van der Waals surface area contributed by atoms with Crippen molar-refractivity contribution in [3.05, 3.63) is 33.9 Å². The van der Waals surface area contributed by atoms with Gasteiger partial charge in [-0.3, -0.25) is 19.7 Å². The van der Waals surface area contributed by atoms with E-state index in [1.165, 1.54) is 0 Å². The van der Waals surface area contributed by atoms with Crippen LogP contribution in [0.15, 0.2) is 23.1 Å². The number of sulfone groups is 1. The number of carboxylic acid groups (broad SMARTS) is 1. The first-order chi connectivity index (χ1) is 11.4. The summed E-state index contributed by atoms with van der Waals surface area (Å²) in [5, 5.41) is 22.5. The van der Waals surface area contributed by atoms with Crippen molar-refractivity contribution in [3.63, 3.8) is 0 Å². The Morgan fingerprint density at radius 2 is 1.88 bits per heavy atom. The molecule has 0 heterocycles. The fraction of sp³-hybridized carbons (Fsp3) is 0.467. The van der Waals surface area contributed by atoms with Crippen molar-refractivity contribution >= 4 is 27.4 Å². The second-order valence-corrected chi connectivity index (χ2v) is 8.14. The quantitative estimate of drug-likeness (QED) is 0.519. The standard InChI is InChI=1S/C15H20N2O7S/c1-9(2)4-11(15(19)20)8-16-14(18)10-5-12(17(21)22)7-13(6-10)25(3,23)24/h5-7,9,11H,4,8H2,1-3H3,(H,16,18)(H,19,20).